The molecule has 4 aromatic heterocycles. The molecule has 0 N–H and O–H groups in total. The van der Waals surface area contributed by atoms with Crippen LogP contribution < -0.4 is 0 Å². The van der Waals surface area contributed by atoms with Crippen molar-refractivity contribution in [2.24, 2.45) is 0 Å². The first-order valence-electron chi connectivity index (χ1n) is 17.8. The summed E-state index contributed by atoms with van der Waals surface area (Å²) in [6.45, 7) is 8.45. The van der Waals surface area contributed by atoms with Gasteiger partial charge in [0.25, 0.3) is 0 Å². The van der Waals surface area contributed by atoms with E-state index in [0.717, 1.165) is 60.6 Å². The van der Waals surface area contributed by atoms with Gasteiger partial charge in [-0.05, 0) is 66.2 Å². The monoisotopic (exact) mass is 719 g/mol. The maximum atomic E-state index is 10.7. The van der Waals surface area contributed by atoms with E-state index in [1.54, 1.807) is 11.3 Å². The average molecular weight is 720 g/mol. The molecule has 11 aromatic rings. The molecule has 0 spiro atoms. The third-order valence-electron chi connectivity index (χ3n) is 10.5. The molecule has 11 rings (SSSR count). The maximum absolute atomic E-state index is 10.7. The van der Waals surface area contributed by atoms with Gasteiger partial charge >= 0.3 is 0 Å². The van der Waals surface area contributed by atoms with Crippen molar-refractivity contribution >= 4 is 80.9 Å². The zero-order chi connectivity index (χ0) is 36.6. The highest BCUT2D eigenvalue weighted by Gasteiger charge is 2.22. The Bertz CT molecular complexity index is 3470. The van der Waals surface area contributed by atoms with Gasteiger partial charge in [0, 0.05) is 52.8 Å². The van der Waals surface area contributed by atoms with Crippen molar-refractivity contribution in [3.63, 3.8) is 0 Å². The molecule has 0 fully saturated rings. The molecule has 7 aromatic carbocycles. The lowest BCUT2D eigenvalue weighted by Gasteiger charge is -2.15. The van der Waals surface area contributed by atoms with E-state index in [4.69, 9.17) is 21.0 Å². The number of fused-ring (bicyclic) bond motifs is 9. The van der Waals surface area contributed by atoms with Crippen molar-refractivity contribution in [2.75, 3.05) is 0 Å². The Labute approximate surface area is 318 Å². The van der Waals surface area contributed by atoms with Crippen molar-refractivity contribution in [3.05, 3.63) is 169 Å². The summed E-state index contributed by atoms with van der Waals surface area (Å²) in [5.74, 6) is 0.475. The van der Waals surface area contributed by atoms with Crippen LogP contribution in [0, 0.1) is 17.9 Å². The highest BCUT2D eigenvalue weighted by Crippen LogP contribution is 2.43. The Morgan fingerprint density at radius 1 is 0.564 bits per heavy atom. The van der Waals surface area contributed by atoms with Crippen LogP contribution in [0.2, 0.25) is 0 Å². The summed E-state index contributed by atoms with van der Waals surface area (Å²) in [5.41, 5.74) is 8.46. The highest BCUT2D eigenvalue weighted by atomic mass is 32.1. The number of nitriles is 1. The second kappa shape index (κ2) is 12.0. The number of hydrogen-bond donors (Lipinski definition) is 0. The largest absolute Gasteiger partial charge is 0.456 e. The van der Waals surface area contributed by atoms with Crippen LogP contribution in [0.3, 0.4) is 0 Å². The van der Waals surface area contributed by atoms with Gasteiger partial charge in [0.15, 0.2) is 5.82 Å². The SMILES string of the molecule is [C-]#[N+]c1cc(-c2nc(-c3ccc4oc5ccccc5c4c3)nc(-c3ccccc3)c2C#N)ccc1-n1c2ccccc2c2cc3c(cc21)sc1ccccc13. The van der Waals surface area contributed by atoms with E-state index in [-0.39, 0.29) is 0 Å². The molecule has 0 atom stereocenters. The number of benzene rings is 7. The number of thiophene rings is 1. The van der Waals surface area contributed by atoms with Crippen molar-refractivity contribution in [1.82, 2.24) is 14.5 Å². The Kier molecular flexibility index (Phi) is 6.75. The lowest BCUT2D eigenvalue weighted by Crippen LogP contribution is -2.01. The molecular formula is C48H25N5OS. The molecule has 6 nitrogen and oxygen atoms in total. The lowest BCUT2D eigenvalue weighted by molar-refractivity contribution is 0.669. The third-order valence-corrected chi connectivity index (χ3v) is 11.6. The smallest absolute Gasteiger partial charge is 0.211 e. The number of aromatic nitrogens is 3. The molecule has 4 heterocycles. The van der Waals surface area contributed by atoms with Crippen LogP contribution in [0.15, 0.2) is 156 Å². The van der Waals surface area contributed by atoms with Crippen LogP contribution in [0.4, 0.5) is 5.69 Å². The second-order valence-electron chi connectivity index (χ2n) is 13.5. The van der Waals surface area contributed by atoms with Crippen LogP contribution in [-0.4, -0.2) is 14.5 Å². The Morgan fingerprint density at radius 3 is 2.11 bits per heavy atom. The summed E-state index contributed by atoms with van der Waals surface area (Å²) < 4.78 is 10.7. The van der Waals surface area contributed by atoms with Crippen LogP contribution in [0.25, 0.3) is 108 Å². The molecular weight excluding hydrogens is 695 g/mol. The topological polar surface area (TPSA) is 72.0 Å². The van der Waals surface area contributed by atoms with E-state index in [9.17, 15) is 5.26 Å². The highest BCUT2D eigenvalue weighted by molar-refractivity contribution is 7.25. The number of para-hydroxylation sites is 2. The zero-order valence-electron chi connectivity index (χ0n) is 29.0. The minimum atomic E-state index is 0.345. The van der Waals surface area contributed by atoms with E-state index >= 15 is 0 Å². The fourth-order valence-electron chi connectivity index (χ4n) is 7.97. The summed E-state index contributed by atoms with van der Waals surface area (Å²) >= 11 is 1.78. The Balaban J connectivity index is 1.13. The Hall–Kier alpha value is -7.58. The number of nitrogens with zero attached hydrogens (tertiary/aromatic N) is 5. The van der Waals surface area contributed by atoms with Crippen molar-refractivity contribution in [3.8, 4) is 45.7 Å². The molecule has 0 bridgehead atoms. The van der Waals surface area contributed by atoms with Gasteiger partial charge in [-0.1, -0.05) is 91.0 Å². The molecule has 254 valence electrons. The summed E-state index contributed by atoms with van der Waals surface area (Å²) in [5, 5.41) is 17.4. The predicted molar refractivity (Wildman–Crippen MR) is 224 cm³/mol. The van der Waals surface area contributed by atoms with Gasteiger partial charge < -0.3 is 8.98 Å². The van der Waals surface area contributed by atoms with E-state index in [1.807, 2.05) is 97.1 Å². The molecule has 0 radical (unpaired) electrons. The van der Waals surface area contributed by atoms with Crippen LogP contribution in [0.5, 0.6) is 0 Å². The number of hydrogen-bond acceptors (Lipinski definition) is 5. The quantitative estimate of drug-likeness (QED) is 0.170. The molecule has 0 saturated heterocycles. The zero-order valence-corrected chi connectivity index (χ0v) is 29.8. The van der Waals surface area contributed by atoms with Crippen molar-refractivity contribution in [1.29, 1.82) is 5.26 Å². The van der Waals surface area contributed by atoms with Gasteiger partial charge in [-0.2, -0.15) is 5.26 Å². The normalized spacial score (nSPS) is 11.6. The average Bonchev–Trinajstić information content (AvgIpc) is 3.91. The van der Waals surface area contributed by atoms with Gasteiger partial charge in [0.1, 0.15) is 22.8 Å². The summed E-state index contributed by atoms with van der Waals surface area (Å²) in [4.78, 5) is 14.2. The minimum absolute atomic E-state index is 0.345. The molecule has 0 aliphatic carbocycles. The second-order valence-corrected chi connectivity index (χ2v) is 14.6. The summed E-state index contributed by atoms with van der Waals surface area (Å²) in [6.07, 6.45) is 0. The molecule has 0 amide bonds. The standard InChI is InChI=1S/C48H25N5OS/c1-50-38-24-29(19-21-40(38)53-39-16-8-5-13-31(39)34-25-36-33-15-7-10-18-44(33)55-45(36)26-41(34)53)47-37(27-49)46(28-11-3-2-4-12-28)51-48(52-47)30-20-22-43-35(23-30)32-14-6-9-17-42(32)54-43/h2-26H. The van der Waals surface area contributed by atoms with Crippen LogP contribution >= 0.6 is 11.3 Å². The first-order chi connectivity index (χ1) is 27.2. The molecule has 0 aliphatic heterocycles. The summed E-state index contributed by atoms with van der Waals surface area (Å²) in [6, 6.07) is 53.3. The molecule has 0 aliphatic rings. The maximum Gasteiger partial charge on any atom is 0.211 e. The minimum Gasteiger partial charge on any atom is -0.456 e. The van der Waals surface area contributed by atoms with Crippen molar-refractivity contribution in [2.45, 2.75) is 0 Å². The van der Waals surface area contributed by atoms with E-state index < -0.39 is 0 Å². The first kappa shape index (κ1) is 31.0. The fraction of sp³-hybridized carbons (Fsp3) is 0. The fourth-order valence-corrected chi connectivity index (χ4v) is 9.09. The van der Waals surface area contributed by atoms with Gasteiger partial charge in [0.05, 0.1) is 34.7 Å². The van der Waals surface area contributed by atoms with E-state index in [1.165, 1.54) is 20.2 Å². The van der Waals surface area contributed by atoms with Gasteiger partial charge in [-0.25, -0.2) is 14.8 Å². The van der Waals surface area contributed by atoms with Gasteiger partial charge in [0.2, 0.25) is 5.69 Å². The number of rotatable bonds is 4. The number of furan rings is 1. The molecule has 0 saturated carbocycles. The lowest BCUT2D eigenvalue weighted by atomic mass is 9.99. The van der Waals surface area contributed by atoms with E-state index in [2.05, 4.69) is 70.1 Å². The molecule has 7 heteroatoms. The molecule has 55 heavy (non-hydrogen) atoms. The first-order valence-corrected chi connectivity index (χ1v) is 18.6. The third kappa shape index (κ3) is 4.71. The van der Waals surface area contributed by atoms with Gasteiger partial charge in [-0.15, -0.1) is 11.3 Å². The van der Waals surface area contributed by atoms with Crippen LogP contribution in [0.1, 0.15) is 5.56 Å². The Morgan fingerprint density at radius 2 is 1.27 bits per heavy atom. The molecule has 0 unspecified atom stereocenters. The van der Waals surface area contributed by atoms with Gasteiger partial charge in [-0.3, -0.25) is 0 Å². The van der Waals surface area contributed by atoms with Crippen molar-refractivity contribution < 1.29 is 4.42 Å². The predicted octanol–water partition coefficient (Wildman–Crippen LogP) is 13.3. The summed E-state index contributed by atoms with van der Waals surface area (Å²) in [7, 11) is 0. The van der Waals surface area contributed by atoms with Crippen LogP contribution in [-0.2, 0) is 0 Å². The van der Waals surface area contributed by atoms with E-state index in [0.29, 0.717) is 34.0 Å².